The molecule has 2 aromatic rings. The van der Waals surface area contributed by atoms with Crippen LogP contribution in [0.4, 0.5) is 0 Å². The Balaban J connectivity index is 1.96. The summed E-state index contributed by atoms with van der Waals surface area (Å²) in [6, 6.07) is 16.4. The number of hydrogen-bond donors (Lipinski definition) is 2. The molecule has 0 aliphatic carbocycles. The number of benzene rings is 2. The topological polar surface area (TPSA) is 55.1 Å². The number of hydrogen-bond acceptors (Lipinski definition) is 2. The Bertz CT molecular complexity index is 557. The molecule has 0 saturated carbocycles. The molecule has 1 amide bonds. The molecule has 2 rings (SSSR count). The highest BCUT2D eigenvalue weighted by Gasteiger charge is 2.11. The predicted octanol–water partition coefficient (Wildman–Crippen LogP) is 2.77. The lowest BCUT2D eigenvalue weighted by molar-refractivity contribution is 0.0951. The highest BCUT2D eigenvalue weighted by molar-refractivity contribution is 6.33. The summed E-state index contributed by atoms with van der Waals surface area (Å²) < 4.78 is 0. The minimum absolute atomic E-state index is 0.211. The zero-order valence-electron chi connectivity index (χ0n) is 10.3. The molecule has 0 fully saturated rings. The van der Waals surface area contributed by atoms with Gasteiger partial charge in [-0.25, -0.2) is 0 Å². The Kier molecular flexibility index (Phi) is 4.55. The van der Waals surface area contributed by atoms with Gasteiger partial charge < -0.3 is 11.1 Å². The van der Waals surface area contributed by atoms with Crippen molar-refractivity contribution in [2.75, 3.05) is 6.54 Å². The molecule has 0 aliphatic rings. The van der Waals surface area contributed by atoms with Crippen LogP contribution in [0.25, 0.3) is 0 Å². The van der Waals surface area contributed by atoms with E-state index in [-0.39, 0.29) is 11.9 Å². The third-order valence-electron chi connectivity index (χ3n) is 2.83. The fourth-order valence-corrected chi connectivity index (χ4v) is 1.98. The predicted molar refractivity (Wildman–Crippen MR) is 77.2 cm³/mol. The standard InChI is InChI=1S/C15H15ClN2O/c16-13-9-5-4-8-12(13)15(19)18-10-14(17)11-6-2-1-3-7-11/h1-9,14H,10,17H2,(H,18,19). The van der Waals surface area contributed by atoms with Crippen molar-refractivity contribution in [2.24, 2.45) is 5.73 Å². The van der Waals surface area contributed by atoms with Crippen molar-refractivity contribution >= 4 is 17.5 Å². The van der Waals surface area contributed by atoms with E-state index in [9.17, 15) is 4.79 Å². The maximum atomic E-state index is 12.0. The van der Waals surface area contributed by atoms with Gasteiger partial charge in [0.15, 0.2) is 0 Å². The third kappa shape index (κ3) is 3.56. The molecule has 0 bridgehead atoms. The second-order valence-corrected chi connectivity index (χ2v) is 4.61. The average Bonchev–Trinajstić information content (AvgIpc) is 2.46. The summed E-state index contributed by atoms with van der Waals surface area (Å²) in [5.41, 5.74) is 7.46. The van der Waals surface area contributed by atoms with Crippen molar-refractivity contribution in [1.29, 1.82) is 0 Å². The largest absolute Gasteiger partial charge is 0.350 e. The number of rotatable bonds is 4. The first-order valence-corrected chi connectivity index (χ1v) is 6.39. The minimum Gasteiger partial charge on any atom is -0.350 e. The highest BCUT2D eigenvalue weighted by Crippen LogP contribution is 2.15. The zero-order chi connectivity index (χ0) is 13.7. The summed E-state index contributed by atoms with van der Waals surface area (Å²) in [6.07, 6.45) is 0. The van der Waals surface area contributed by atoms with E-state index in [1.54, 1.807) is 24.3 Å². The Morgan fingerprint density at radius 3 is 2.42 bits per heavy atom. The van der Waals surface area contributed by atoms with Gasteiger partial charge in [-0.05, 0) is 17.7 Å². The first-order chi connectivity index (χ1) is 9.18. The van der Waals surface area contributed by atoms with E-state index >= 15 is 0 Å². The Morgan fingerprint density at radius 1 is 1.11 bits per heavy atom. The summed E-state index contributed by atoms with van der Waals surface area (Å²) in [6.45, 7) is 0.369. The summed E-state index contributed by atoms with van der Waals surface area (Å²) in [7, 11) is 0. The van der Waals surface area contributed by atoms with Crippen molar-refractivity contribution in [1.82, 2.24) is 5.32 Å². The molecule has 0 saturated heterocycles. The SMILES string of the molecule is NC(CNC(=O)c1ccccc1Cl)c1ccccc1. The normalized spacial score (nSPS) is 11.9. The smallest absolute Gasteiger partial charge is 0.252 e. The van der Waals surface area contributed by atoms with Gasteiger partial charge in [-0.3, -0.25) is 4.79 Å². The number of nitrogens with one attached hydrogen (secondary N) is 1. The van der Waals surface area contributed by atoms with E-state index in [0.717, 1.165) is 5.56 Å². The summed E-state index contributed by atoms with van der Waals surface area (Å²) in [5, 5.41) is 3.23. The molecule has 4 heteroatoms. The minimum atomic E-state index is -0.229. The van der Waals surface area contributed by atoms with E-state index in [1.807, 2.05) is 30.3 Å². The molecular weight excluding hydrogens is 260 g/mol. The molecule has 0 aromatic heterocycles. The van der Waals surface area contributed by atoms with Gasteiger partial charge in [-0.15, -0.1) is 0 Å². The van der Waals surface area contributed by atoms with E-state index in [4.69, 9.17) is 17.3 Å². The first kappa shape index (κ1) is 13.6. The number of amides is 1. The molecule has 3 N–H and O–H groups in total. The third-order valence-corrected chi connectivity index (χ3v) is 3.16. The van der Waals surface area contributed by atoms with Crippen LogP contribution in [0, 0.1) is 0 Å². The molecule has 1 unspecified atom stereocenters. The van der Waals surface area contributed by atoms with Gasteiger partial charge in [-0.1, -0.05) is 54.1 Å². The van der Waals surface area contributed by atoms with E-state index in [0.29, 0.717) is 17.1 Å². The van der Waals surface area contributed by atoms with E-state index in [1.165, 1.54) is 0 Å². The Hall–Kier alpha value is -1.84. The van der Waals surface area contributed by atoms with Crippen LogP contribution < -0.4 is 11.1 Å². The molecule has 19 heavy (non-hydrogen) atoms. The molecule has 0 aliphatic heterocycles. The van der Waals surface area contributed by atoms with Crippen molar-refractivity contribution in [3.8, 4) is 0 Å². The second-order valence-electron chi connectivity index (χ2n) is 4.21. The first-order valence-electron chi connectivity index (χ1n) is 6.01. The van der Waals surface area contributed by atoms with Crippen LogP contribution in [0.1, 0.15) is 22.0 Å². The summed E-state index contributed by atoms with van der Waals surface area (Å²) in [5.74, 6) is -0.211. The van der Waals surface area contributed by atoms with Crippen molar-refractivity contribution in [2.45, 2.75) is 6.04 Å². The van der Waals surface area contributed by atoms with Crippen LogP contribution >= 0.6 is 11.6 Å². The van der Waals surface area contributed by atoms with Crippen molar-refractivity contribution in [3.63, 3.8) is 0 Å². The molecular formula is C15H15ClN2O. The molecule has 0 spiro atoms. The number of nitrogens with two attached hydrogens (primary N) is 1. The molecule has 0 radical (unpaired) electrons. The molecule has 2 aromatic carbocycles. The van der Waals surface area contributed by atoms with Crippen LogP contribution in [-0.4, -0.2) is 12.5 Å². The molecule has 1 atom stereocenters. The molecule has 3 nitrogen and oxygen atoms in total. The van der Waals surface area contributed by atoms with E-state index in [2.05, 4.69) is 5.32 Å². The van der Waals surface area contributed by atoms with Crippen LogP contribution in [0.2, 0.25) is 5.02 Å². The second kappa shape index (κ2) is 6.36. The lowest BCUT2D eigenvalue weighted by Gasteiger charge is -2.13. The van der Waals surface area contributed by atoms with Gasteiger partial charge in [-0.2, -0.15) is 0 Å². The lowest BCUT2D eigenvalue weighted by Crippen LogP contribution is -2.32. The fourth-order valence-electron chi connectivity index (χ4n) is 1.76. The van der Waals surface area contributed by atoms with Crippen molar-refractivity contribution < 1.29 is 4.79 Å². The fraction of sp³-hybridized carbons (Fsp3) is 0.133. The number of halogens is 1. The molecule has 98 valence electrons. The Morgan fingerprint density at radius 2 is 1.74 bits per heavy atom. The van der Waals surface area contributed by atoms with Crippen molar-refractivity contribution in [3.05, 3.63) is 70.7 Å². The van der Waals surface area contributed by atoms with E-state index < -0.39 is 0 Å². The summed E-state index contributed by atoms with van der Waals surface area (Å²) in [4.78, 5) is 12.0. The van der Waals surface area contributed by atoms with Gasteiger partial charge in [0, 0.05) is 12.6 Å². The summed E-state index contributed by atoms with van der Waals surface area (Å²) >= 11 is 5.96. The van der Waals surface area contributed by atoms with Gasteiger partial charge in [0.1, 0.15) is 0 Å². The number of carbonyl (C=O) groups excluding carboxylic acids is 1. The maximum Gasteiger partial charge on any atom is 0.252 e. The molecule has 0 heterocycles. The van der Waals surface area contributed by atoms with Crippen LogP contribution in [0.3, 0.4) is 0 Å². The van der Waals surface area contributed by atoms with Gasteiger partial charge in [0.05, 0.1) is 10.6 Å². The monoisotopic (exact) mass is 274 g/mol. The quantitative estimate of drug-likeness (QED) is 0.901. The highest BCUT2D eigenvalue weighted by atomic mass is 35.5. The van der Waals surface area contributed by atoms with Gasteiger partial charge in [0.25, 0.3) is 5.91 Å². The van der Waals surface area contributed by atoms with Crippen LogP contribution in [0.15, 0.2) is 54.6 Å². The maximum absolute atomic E-state index is 12.0. The van der Waals surface area contributed by atoms with Gasteiger partial charge >= 0.3 is 0 Å². The lowest BCUT2D eigenvalue weighted by atomic mass is 10.1. The Labute approximate surface area is 117 Å². The van der Waals surface area contributed by atoms with Gasteiger partial charge in [0.2, 0.25) is 0 Å². The van der Waals surface area contributed by atoms with Crippen LogP contribution in [-0.2, 0) is 0 Å². The number of carbonyl (C=O) groups is 1. The van der Waals surface area contributed by atoms with Crippen LogP contribution in [0.5, 0.6) is 0 Å². The average molecular weight is 275 g/mol. The zero-order valence-corrected chi connectivity index (χ0v) is 11.1.